The van der Waals surface area contributed by atoms with Crippen molar-refractivity contribution in [1.82, 2.24) is 0 Å². The molecule has 0 N–H and O–H groups in total. The van der Waals surface area contributed by atoms with Crippen LogP contribution in [-0.2, 0) is 4.79 Å². The maximum Gasteiger partial charge on any atom is 0.282 e. The second kappa shape index (κ2) is 6.58. The number of benzene rings is 2. The van der Waals surface area contributed by atoms with Crippen molar-refractivity contribution >= 4 is 29.0 Å². The van der Waals surface area contributed by atoms with Gasteiger partial charge < -0.3 is 0 Å². The number of hydrogen-bond acceptors (Lipinski definition) is 3. The van der Waals surface area contributed by atoms with Crippen LogP contribution in [0.4, 0.5) is 4.39 Å². The zero-order valence-corrected chi connectivity index (χ0v) is 13.7. The average molecular weight is 355 g/mol. The summed E-state index contributed by atoms with van der Waals surface area (Å²) in [5, 5.41) is 9.41. The van der Waals surface area contributed by atoms with Crippen LogP contribution in [-0.4, -0.2) is 22.3 Å². The molecule has 0 aliphatic carbocycles. The second-order valence-electron chi connectivity index (χ2n) is 5.66. The van der Waals surface area contributed by atoms with Gasteiger partial charge in [0.25, 0.3) is 5.91 Å². The molecule has 0 fully saturated rings. The molecule has 3 rings (SSSR count). The molecule has 2 aromatic rings. The third kappa shape index (κ3) is 2.97. The van der Waals surface area contributed by atoms with Crippen LogP contribution >= 0.6 is 11.6 Å². The molecule has 4 nitrogen and oxygen atoms in total. The standard InChI is InChI=1S/C19H12ClFN2O2/c20-19(11-22)14(13-8-4-5-9-15(13)21)10-16(23-18(19)25)17(24)12-6-2-1-3-7-12/h1-9,14H,10H2/t14-,19-/m0/s1. The first-order chi connectivity index (χ1) is 12.0. The van der Waals surface area contributed by atoms with Crippen molar-refractivity contribution in [3.05, 3.63) is 71.5 Å². The Morgan fingerprint density at radius 3 is 2.48 bits per heavy atom. The van der Waals surface area contributed by atoms with E-state index in [2.05, 4.69) is 4.99 Å². The summed E-state index contributed by atoms with van der Waals surface area (Å²) in [6.45, 7) is 0. The molecular weight excluding hydrogens is 343 g/mol. The van der Waals surface area contributed by atoms with Gasteiger partial charge in [0.2, 0.25) is 10.7 Å². The number of ketones is 1. The third-order valence-electron chi connectivity index (χ3n) is 4.17. The third-order valence-corrected chi connectivity index (χ3v) is 4.68. The molecule has 1 heterocycles. The monoisotopic (exact) mass is 354 g/mol. The molecule has 2 aromatic carbocycles. The van der Waals surface area contributed by atoms with Crippen molar-refractivity contribution in [3.63, 3.8) is 0 Å². The highest BCUT2D eigenvalue weighted by molar-refractivity contribution is 6.50. The van der Waals surface area contributed by atoms with Crippen LogP contribution in [0, 0.1) is 17.1 Å². The molecule has 124 valence electrons. The van der Waals surface area contributed by atoms with Gasteiger partial charge in [0.1, 0.15) is 5.82 Å². The van der Waals surface area contributed by atoms with Crippen molar-refractivity contribution in [3.8, 4) is 6.07 Å². The fourth-order valence-corrected chi connectivity index (χ4v) is 3.08. The van der Waals surface area contributed by atoms with Gasteiger partial charge >= 0.3 is 0 Å². The molecule has 1 amide bonds. The highest BCUT2D eigenvalue weighted by Gasteiger charge is 2.50. The quantitative estimate of drug-likeness (QED) is 0.623. The van der Waals surface area contributed by atoms with E-state index in [0.717, 1.165) is 0 Å². The zero-order valence-electron chi connectivity index (χ0n) is 12.9. The maximum absolute atomic E-state index is 14.2. The van der Waals surface area contributed by atoms with Gasteiger partial charge in [0.05, 0.1) is 11.8 Å². The number of carbonyl (C=O) groups is 2. The minimum atomic E-state index is -2.04. The summed E-state index contributed by atoms with van der Waals surface area (Å²) < 4.78 is 14.2. The van der Waals surface area contributed by atoms with Gasteiger partial charge in [-0.2, -0.15) is 5.26 Å². The van der Waals surface area contributed by atoms with E-state index in [1.54, 1.807) is 42.5 Å². The molecule has 6 heteroatoms. The Hall–Kier alpha value is -2.84. The van der Waals surface area contributed by atoms with Gasteiger partial charge in [-0.25, -0.2) is 9.38 Å². The first-order valence-corrected chi connectivity index (χ1v) is 7.91. The van der Waals surface area contributed by atoms with Crippen molar-refractivity contribution in [1.29, 1.82) is 5.26 Å². The largest absolute Gasteiger partial charge is 0.287 e. The fraction of sp³-hybridized carbons (Fsp3) is 0.158. The lowest BCUT2D eigenvalue weighted by Gasteiger charge is -2.31. The Kier molecular flexibility index (Phi) is 4.47. The van der Waals surface area contributed by atoms with Crippen LogP contribution in [0.2, 0.25) is 0 Å². The minimum Gasteiger partial charge on any atom is -0.287 e. The number of aliphatic imine (C=N–C) groups is 1. The van der Waals surface area contributed by atoms with Crippen LogP contribution in [0.5, 0.6) is 0 Å². The van der Waals surface area contributed by atoms with E-state index in [0.29, 0.717) is 5.56 Å². The lowest BCUT2D eigenvalue weighted by Crippen LogP contribution is -2.43. The molecule has 0 aromatic heterocycles. The van der Waals surface area contributed by atoms with Crippen LogP contribution in [0.3, 0.4) is 0 Å². The number of Topliss-reactive ketones (excluding diaryl/α,β-unsaturated/α-hetero) is 1. The van der Waals surface area contributed by atoms with E-state index in [4.69, 9.17) is 11.6 Å². The molecule has 2 atom stereocenters. The Bertz CT molecular complexity index is 921. The molecule has 0 bridgehead atoms. The average Bonchev–Trinajstić information content (AvgIpc) is 2.64. The first-order valence-electron chi connectivity index (χ1n) is 7.53. The van der Waals surface area contributed by atoms with Crippen molar-refractivity contribution < 1.29 is 14.0 Å². The highest BCUT2D eigenvalue weighted by Crippen LogP contribution is 2.42. The molecule has 1 aliphatic heterocycles. The topological polar surface area (TPSA) is 70.3 Å². The number of alkyl halides is 1. The summed E-state index contributed by atoms with van der Waals surface area (Å²) in [5.74, 6) is -2.98. The second-order valence-corrected chi connectivity index (χ2v) is 6.26. The number of carbonyl (C=O) groups excluding carboxylic acids is 2. The summed E-state index contributed by atoms with van der Waals surface area (Å²) in [4.78, 5) is 26.7. The number of hydrogen-bond donors (Lipinski definition) is 0. The summed E-state index contributed by atoms with van der Waals surface area (Å²) in [6.07, 6.45) is -0.0997. The van der Waals surface area contributed by atoms with E-state index in [1.807, 2.05) is 0 Å². The Morgan fingerprint density at radius 1 is 1.20 bits per heavy atom. The van der Waals surface area contributed by atoms with Gasteiger partial charge in [-0.1, -0.05) is 60.1 Å². The molecular formula is C19H12ClFN2O2. The number of halogens is 2. The number of amides is 1. The highest BCUT2D eigenvalue weighted by atomic mass is 35.5. The van der Waals surface area contributed by atoms with Crippen LogP contribution in [0.15, 0.2) is 59.6 Å². The molecule has 0 spiro atoms. The van der Waals surface area contributed by atoms with Gasteiger partial charge in [-0.15, -0.1) is 0 Å². The Labute approximate surface area is 148 Å². The number of rotatable bonds is 3. The van der Waals surface area contributed by atoms with Gasteiger partial charge in [-0.3, -0.25) is 9.59 Å². The number of nitrogens with zero attached hydrogens (tertiary/aromatic N) is 2. The Balaban J connectivity index is 2.07. The van der Waals surface area contributed by atoms with Gasteiger partial charge in [0.15, 0.2) is 0 Å². The number of nitriles is 1. The van der Waals surface area contributed by atoms with Crippen molar-refractivity contribution in [2.45, 2.75) is 17.2 Å². The molecule has 25 heavy (non-hydrogen) atoms. The van der Waals surface area contributed by atoms with Crippen LogP contribution in [0.1, 0.15) is 28.3 Å². The summed E-state index contributed by atoms with van der Waals surface area (Å²) in [7, 11) is 0. The van der Waals surface area contributed by atoms with Crippen molar-refractivity contribution in [2.24, 2.45) is 4.99 Å². The lowest BCUT2D eigenvalue weighted by atomic mass is 9.78. The van der Waals surface area contributed by atoms with Gasteiger partial charge in [0, 0.05) is 17.9 Å². The Morgan fingerprint density at radius 2 is 1.84 bits per heavy atom. The predicted molar refractivity (Wildman–Crippen MR) is 91.2 cm³/mol. The zero-order chi connectivity index (χ0) is 18.0. The summed E-state index contributed by atoms with van der Waals surface area (Å²) >= 11 is 6.20. The van der Waals surface area contributed by atoms with E-state index < -0.39 is 28.3 Å². The SMILES string of the molecule is N#C[C@@]1(Cl)C(=O)N=C(C(=O)c2ccccc2)C[C@H]1c1ccccc1F. The molecule has 0 unspecified atom stereocenters. The molecule has 0 radical (unpaired) electrons. The van der Waals surface area contributed by atoms with Gasteiger partial charge in [-0.05, 0) is 11.6 Å². The van der Waals surface area contributed by atoms with E-state index in [1.165, 1.54) is 18.2 Å². The van der Waals surface area contributed by atoms with Crippen LogP contribution < -0.4 is 0 Å². The van der Waals surface area contributed by atoms with E-state index in [9.17, 15) is 19.2 Å². The van der Waals surface area contributed by atoms with E-state index in [-0.39, 0.29) is 17.7 Å². The summed E-state index contributed by atoms with van der Waals surface area (Å²) in [5.41, 5.74) is 0.442. The predicted octanol–water partition coefficient (Wildman–Crippen LogP) is 3.66. The smallest absolute Gasteiger partial charge is 0.282 e. The summed E-state index contributed by atoms with van der Waals surface area (Å²) in [6, 6.07) is 15.8. The lowest BCUT2D eigenvalue weighted by molar-refractivity contribution is -0.119. The molecule has 0 saturated carbocycles. The van der Waals surface area contributed by atoms with Crippen molar-refractivity contribution in [2.75, 3.05) is 0 Å². The molecule has 1 aliphatic rings. The fourth-order valence-electron chi connectivity index (χ4n) is 2.84. The maximum atomic E-state index is 14.2. The van der Waals surface area contributed by atoms with Crippen LogP contribution in [0.25, 0.3) is 0 Å². The van der Waals surface area contributed by atoms with E-state index >= 15 is 0 Å². The minimum absolute atomic E-state index is 0.0315. The first kappa shape index (κ1) is 17.0. The normalized spacial score (nSPS) is 22.8. The molecule has 0 saturated heterocycles.